The number of benzene rings is 2. The molecule has 8 nitrogen and oxygen atoms in total. The van der Waals surface area contributed by atoms with Gasteiger partial charge in [-0.15, -0.1) is 0 Å². The molecule has 2 saturated heterocycles. The number of halogens is 2. The smallest absolute Gasteiger partial charge is 0.353 e. The number of carboxylic acids is 1. The Balaban J connectivity index is 1.35. The van der Waals surface area contributed by atoms with E-state index in [2.05, 4.69) is 0 Å². The number of esters is 1. The van der Waals surface area contributed by atoms with E-state index < -0.39 is 47.6 Å². The first-order valence-electron chi connectivity index (χ1n) is 12.1. The third kappa shape index (κ3) is 4.80. The fourth-order valence-electron chi connectivity index (χ4n) is 4.95. The van der Waals surface area contributed by atoms with E-state index in [0.29, 0.717) is 17.8 Å². The van der Waals surface area contributed by atoms with Crippen molar-refractivity contribution in [3.05, 3.63) is 60.7 Å². The van der Waals surface area contributed by atoms with Crippen molar-refractivity contribution in [3.8, 4) is 0 Å². The summed E-state index contributed by atoms with van der Waals surface area (Å²) < 4.78 is 35.5. The number of aliphatic carboxylic acids is 1. The number of nitrogens with zero attached hydrogens (tertiary/aromatic N) is 2. The van der Waals surface area contributed by atoms with Crippen LogP contribution >= 0.6 is 0 Å². The Morgan fingerprint density at radius 2 is 1.59 bits per heavy atom. The molecule has 1 unspecified atom stereocenters. The van der Waals surface area contributed by atoms with E-state index in [-0.39, 0.29) is 31.9 Å². The molecule has 2 aliphatic heterocycles. The molecule has 37 heavy (non-hydrogen) atoms. The van der Waals surface area contributed by atoms with Crippen molar-refractivity contribution in [1.82, 2.24) is 0 Å². The van der Waals surface area contributed by atoms with E-state index in [1.165, 1.54) is 9.80 Å². The van der Waals surface area contributed by atoms with Crippen LogP contribution in [0.3, 0.4) is 0 Å². The molecule has 4 atom stereocenters. The van der Waals surface area contributed by atoms with Crippen molar-refractivity contribution in [2.45, 2.75) is 50.0 Å². The quantitative estimate of drug-likeness (QED) is 0.311. The molecule has 2 fully saturated rings. The van der Waals surface area contributed by atoms with Gasteiger partial charge in [0.15, 0.2) is 0 Å². The molecule has 0 bridgehead atoms. The Morgan fingerprint density at radius 1 is 1.00 bits per heavy atom. The molecule has 2 heterocycles. The highest BCUT2D eigenvalue weighted by atomic mass is 19.1. The van der Waals surface area contributed by atoms with Gasteiger partial charge in [0.25, 0.3) is 23.2 Å². The van der Waals surface area contributed by atoms with Gasteiger partial charge in [0, 0.05) is 36.8 Å². The summed E-state index contributed by atoms with van der Waals surface area (Å²) in [4.78, 5) is 51.8. The summed E-state index contributed by atoms with van der Waals surface area (Å²) in [5.41, 5.74) is -4.92. The van der Waals surface area contributed by atoms with Crippen LogP contribution in [0.2, 0.25) is 0 Å². The third-order valence-corrected chi connectivity index (χ3v) is 7.10. The SMILES string of the molecule is C[C@@H](CCCOC(=O)[C@]1(F)CCN(c2ccccc2)C1=O)C1C[C@@](F)(C(=O)O)C(=O)N1c1ccccc1. The predicted molar refractivity (Wildman–Crippen MR) is 130 cm³/mol. The van der Waals surface area contributed by atoms with Gasteiger partial charge in [0.1, 0.15) is 0 Å². The average Bonchev–Trinajstić information content (AvgIpc) is 3.36. The summed E-state index contributed by atoms with van der Waals surface area (Å²) in [5, 5.41) is 9.38. The Bertz CT molecular complexity index is 1180. The zero-order valence-corrected chi connectivity index (χ0v) is 20.3. The van der Waals surface area contributed by atoms with Crippen molar-refractivity contribution in [1.29, 1.82) is 0 Å². The van der Waals surface area contributed by atoms with Crippen LogP contribution in [-0.2, 0) is 23.9 Å². The van der Waals surface area contributed by atoms with Crippen molar-refractivity contribution >= 4 is 35.1 Å². The van der Waals surface area contributed by atoms with Gasteiger partial charge >= 0.3 is 11.9 Å². The third-order valence-electron chi connectivity index (χ3n) is 7.10. The lowest BCUT2D eigenvalue weighted by Crippen LogP contribution is -2.44. The largest absolute Gasteiger partial charge is 0.478 e. The van der Waals surface area contributed by atoms with Crippen molar-refractivity contribution in [3.63, 3.8) is 0 Å². The maximum atomic E-state index is 15.3. The standard InChI is InChI=1S/C27H28F2N2O6/c1-18(21-17-27(29,24(34)35)23(33)31(21)20-12-6-3-7-13-20)9-8-16-37-25(36)26(28)14-15-30(22(26)32)19-10-4-2-5-11-19/h2-7,10-13,18,21H,8-9,14-17H2,1H3,(H,34,35)/t18-,21?,26-,27-/m0/s1. The number of carbonyl (C=O) groups excluding carboxylic acids is 3. The van der Waals surface area contributed by atoms with Gasteiger partial charge in [-0.2, -0.15) is 0 Å². The van der Waals surface area contributed by atoms with Crippen molar-refractivity contribution < 1.29 is 37.8 Å². The fraction of sp³-hybridized carbons (Fsp3) is 0.407. The number of para-hydroxylation sites is 2. The monoisotopic (exact) mass is 514 g/mol. The Labute approximate surface area is 212 Å². The van der Waals surface area contributed by atoms with Crippen LogP contribution in [0, 0.1) is 5.92 Å². The Hall–Kier alpha value is -3.82. The lowest BCUT2D eigenvalue weighted by atomic mass is 9.91. The molecule has 2 aliphatic rings. The minimum atomic E-state index is -3.03. The zero-order valence-electron chi connectivity index (χ0n) is 20.3. The molecule has 4 rings (SSSR count). The van der Waals surface area contributed by atoms with Crippen LogP contribution in [0.5, 0.6) is 0 Å². The molecule has 2 amide bonds. The highest BCUT2D eigenvalue weighted by molar-refractivity contribution is 6.15. The van der Waals surface area contributed by atoms with Gasteiger partial charge < -0.3 is 19.6 Å². The predicted octanol–water partition coefficient (Wildman–Crippen LogP) is 3.69. The number of alkyl halides is 2. The number of anilines is 2. The van der Waals surface area contributed by atoms with E-state index in [4.69, 9.17) is 4.74 Å². The minimum Gasteiger partial charge on any atom is -0.478 e. The van der Waals surface area contributed by atoms with E-state index in [1.807, 2.05) is 0 Å². The van der Waals surface area contributed by atoms with Crippen molar-refractivity contribution in [2.24, 2.45) is 5.92 Å². The molecule has 0 saturated carbocycles. The second-order valence-corrected chi connectivity index (χ2v) is 9.49. The number of carbonyl (C=O) groups is 4. The van der Waals surface area contributed by atoms with E-state index in [0.717, 1.165) is 0 Å². The lowest BCUT2D eigenvalue weighted by molar-refractivity contribution is -0.161. The highest BCUT2D eigenvalue weighted by Crippen LogP contribution is 2.40. The Kier molecular flexibility index (Phi) is 7.29. The van der Waals surface area contributed by atoms with E-state index in [1.54, 1.807) is 67.6 Å². The molecule has 2 aromatic rings. The van der Waals surface area contributed by atoms with Gasteiger partial charge in [-0.05, 0) is 43.0 Å². The number of carboxylic acid groups (broad SMARTS) is 1. The topological polar surface area (TPSA) is 104 Å². The number of ether oxygens (including phenoxy) is 1. The van der Waals surface area contributed by atoms with Crippen molar-refractivity contribution in [2.75, 3.05) is 23.0 Å². The summed E-state index contributed by atoms with van der Waals surface area (Å²) in [5.74, 6) is -5.54. The molecular weight excluding hydrogens is 486 g/mol. The van der Waals surface area contributed by atoms with Crippen LogP contribution in [-0.4, -0.2) is 59.4 Å². The molecule has 0 aromatic heterocycles. The van der Waals surface area contributed by atoms with Gasteiger partial charge in [-0.3, -0.25) is 9.59 Å². The van der Waals surface area contributed by atoms with Gasteiger partial charge in [-0.25, -0.2) is 18.4 Å². The zero-order chi connectivity index (χ0) is 26.8. The maximum Gasteiger partial charge on any atom is 0.353 e. The van der Waals surface area contributed by atoms with E-state index in [9.17, 15) is 24.3 Å². The second-order valence-electron chi connectivity index (χ2n) is 9.49. The van der Waals surface area contributed by atoms with Crippen LogP contribution in [0.1, 0.15) is 32.6 Å². The molecule has 0 radical (unpaired) electrons. The summed E-state index contributed by atoms with van der Waals surface area (Å²) in [6.45, 7) is 1.61. The first kappa shape index (κ1) is 26.2. The molecule has 2 aromatic carbocycles. The Morgan fingerprint density at radius 3 is 2.19 bits per heavy atom. The number of hydrogen-bond acceptors (Lipinski definition) is 5. The molecule has 10 heteroatoms. The lowest BCUT2D eigenvalue weighted by Gasteiger charge is -2.29. The first-order valence-corrected chi connectivity index (χ1v) is 12.1. The number of amides is 2. The molecular formula is C27H28F2N2O6. The normalized spacial score (nSPS) is 26.4. The summed E-state index contributed by atoms with van der Waals surface area (Å²) in [6, 6.07) is 16.0. The fourth-order valence-corrected chi connectivity index (χ4v) is 4.95. The van der Waals surface area contributed by atoms with Gasteiger partial charge in [-0.1, -0.05) is 43.3 Å². The van der Waals surface area contributed by atoms with Gasteiger partial charge in [0.2, 0.25) is 0 Å². The molecule has 0 aliphatic carbocycles. The van der Waals surface area contributed by atoms with Crippen LogP contribution < -0.4 is 9.80 Å². The number of hydrogen-bond donors (Lipinski definition) is 1. The first-order chi connectivity index (χ1) is 17.6. The molecule has 0 spiro atoms. The van der Waals surface area contributed by atoms with E-state index >= 15 is 8.78 Å². The summed E-state index contributed by atoms with van der Waals surface area (Å²) in [6.07, 6.45) is -0.249. The average molecular weight is 515 g/mol. The summed E-state index contributed by atoms with van der Waals surface area (Å²) >= 11 is 0. The van der Waals surface area contributed by atoms with Gasteiger partial charge in [0.05, 0.1) is 6.61 Å². The summed E-state index contributed by atoms with van der Waals surface area (Å²) in [7, 11) is 0. The second kappa shape index (κ2) is 10.3. The molecule has 196 valence electrons. The molecule has 1 N–H and O–H groups in total. The van der Waals surface area contributed by atoms with Crippen LogP contribution in [0.25, 0.3) is 0 Å². The van der Waals surface area contributed by atoms with Crippen LogP contribution in [0.15, 0.2) is 60.7 Å². The number of rotatable bonds is 9. The van der Waals surface area contributed by atoms with Crippen LogP contribution in [0.4, 0.5) is 20.2 Å². The highest BCUT2D eigenvalue weighted by Gasteiger charge is 2.59. The maximum absolute atomic E-state index is 15.3. The minimum absolute atomic E-state index is 0.0467.